The van der Waals surface area contributed by atoms with Crippen LogP contribution in [0.1, 0.15) is 32.8 Å². The monoisotopic (exact) mass is 264 g/mol. The van der Waals surface area contributed by atoms with Crippen LogP contribution in [0.3, 0.4) is 0 Å². The Hall–Kier alpha value is -1.09. The highest BCUT2D eigenvalue weighted by atomic mass is 19.1. The van der Waals surface area contributed by atoms with E-state index in [0.29, 0.717) is 11.8 Å². The van der Waals surface area contributed by atoms with Gasteiger partial charge in [-0.3, -0.25) is 0 Å². The average molecular weight is 264 g/mol. The van der Waals surface area contributed by atoms with Gasteiger partial charge in [0.15, 0.2) is 0 Å². The summed E-state index contributed by atoms with van der Waals surface area (Å²) in [5, 5.41) is 0. The van der Waals surface area contributed by atoms with Crippen molar-refractivity contribution in [1.82, 2.24) is 0 Å². The maximum absolute atomic E-state index is 14.2. The average Bonchev–Trinajstić information content (AvgIpc) is 2.69. The van der Waals surface area contributed by atoms with Gasteiger partial charge in [0.25, 0.3) is 0 Å². The molecule has 0 bridgehead atoms. The molecule has 0 aromatic heterocycles. The van der Waals surface area contributed by atoms with E-state index in [1.165, 1.54) is 0 Å². The minimum absolute atomic E-state index is 0.109. The molecule has 3 unspecified atom stereocenters. The lowest BCUT2D eigenvalue weighted by Crippen LogP contribution is -2.26. The predicted octanol–water partition coefficient (Wildman–Crippen LogP) is 3.20. The van der Waals surface area contributed by atoms with Crippen LogP contribution in [0.4, 0.5) is 10.1 Å². The van der Waals surface area contributed by atoms with Gasteiger partial charge in [0.1, 0.15) is 5.82 Å². The molecule has 106 valence electrons. The summed E-state index contributed by atoms with van der Waals surface area (Å²) in [6.45, 7) is 8.43. The number of nitrogens with two attached hydrogens (primary N) is 1. The van der Waals surface area contributed by atoms with E-state index >= 15 is 0 Å². The van der Waals surface area contributed by atoms with Crippen LogP contribution < -0.4 is 10.6 Å². The topological polar surface area (TPSA) is 29.3 Å². The summed E-state index contributed by atoms with van der Waals surface area (Å²) < 4.78 is 14.2. The van der Waals surface area contributed by atoms with Gasteiger partial charge in [0.05, 0.1) is 5.69 Å². The largest absolute Gasteiger partial charge is 0.368 e. The second-order valence-electron chi connectivity index (χ2n) is 5.98. The Balaban J connectivity index is 2.28. The van der Waals surface area contributed by atoms with Crippen molar-refractivity contribution in [3.8, 4) is 0 Å². The van der Waals surface area contributed by atoms with Crippen LogP contribution in [0.15, 0.2) is 18.2 Å². The molecule has 19 heavy (non-hydrogen) atoms. The van der Waals surface area contributed by atoms with Gasteiger partial charge in [0.2, 0.25) is 0 Å². The maximum atomic E-state index is 14.2. The number of halogens is 1. The van der Waals surface area contributed by atoms with Crippen molar-refractivity contribution >= 4 is 5.69 Å². The van der Waals surface area contributed by atoms with Gasteiger partial charge >= 0.3 is 0 Å². The first-order valence-electron chi connectivity index (χ1n) is 7.30. The van der Waals surface area contributed by atoms with Crippen LogP contribution in [-0.2, 0) is 6.42 Å². The maximum Gasteiger partial charge on any atom is 0.146 e. The Morgan fingerprint density at radius 1 is 1.32 bits per heavy atom. The van der Waals surface area contributed by atoms with E-state index in [1.807, 2.05) is 6.07 Å². The number of rotatable bonds is 4. The van der Waals surface area contributed by atoms with Gasteiger partial charge in [0, 0.05) is 19.1 Å². The van der Waals surface area contributed by atoms with Gasteiger partial charge in [-0.25, -0.2) is 4.39 Å². The number of hydrogen-bond acceptors (Lipinski definition) is 2. The Morgan fingerprint density at radius 3 is 2.53 bits per heavy atom. The highest BCUT2D eigenvalue weighted by Gasteiger charge is 2.29. The van der Waals surface area contributed by atoms with E-state index in [-0.39, 0.29) is 11.9 Å². The van der Waals surface area contributed by atoms with Crippen LogP contribution in [0, 0.1) is 17.7 Å². The summed E-state index contributed by atoms with van der Waals surface area (Å²) in [4.78, 5) is 2.20. The van der Waals surface area contributed by atoms with Gasteiger partial charge in [-0.1, -0.05) is 32.9 Å². The molecule has 2 N–H and O–H groups in total. The number of benzene rings is 1. The molecule has 1 aliphatic rings. The van der Waals surface area contributed by atoms with E-state index in [1.54, 1.807) is 12.1 Å². The number of anilines is 1. The SMILES string of the molecule is CCC(N)Cc1cccc(F)c1N1CC(C)C(C)C1. The fourth-order valence-corrected chi connectivity index (χ4v) is 2.82. The van der Waals surface area contributed by atoms with Crippen LogP contribution in [-0.4, -0.2) is 19.1 Å². The molecule has 1 fully saturated rings. The number of hydrogen-bond donors (Lipinski definition) is 1. The third kappa shape index (κ3) is 3.08. The second-order valence-corrected chi connectivity index (χ2v) is 5.98. The summed E-state index contributed by atoms with van der Waals surface area (Å²) in [6, 6.07) is 5.48. The predicted molar refractivity (Wildman–Crippen MR) is 78.9 cm³/mol. The summed E-state index contributed by atoms with van der Waals surface area (Å²) >= 11 is 0. The molecule has 1 aliphatic heterocycles. The summed E-state index contributed by atoms with van der Waals surface area (Å²) in [5.41, 5.74) is 7.87. The summed E-state index contributed by atoms with van der Waals surface area (Å²) in [6.07, 6.45) is 1.67. The smallest absolute Gasteiger partial charge is 0.146 e. The highest BCUT2D eigenvalue weighted by molar-refractivity contribution is 5.56. The molecule has 1 heterocycles. The zero-order valence-electron chi connectivity index (χ0n) is 12.2. The molecule has 0 spiro atoms. The Kier molecular flexibility index (Phi) is 4.46. The molecule has 0 saturated carbocycles. The molecule has 1 saturated heterocycles. The minimum atomic E-state index is -0.109. The van der Waals surface area contributed by atoms with E-state index in [9.17, 15) is 4.39 Å². The van der Waals surface area contributed by atoms with Crippen molar-refractivity contribution in [2.45, 2.75) is 39.7 Å². The molecule has 2 rings (SSSR count). The molecular weight excluding hydrogens is 239 g/mol. The Morgan fingerprint density at radius 2 is 1.95 bits per heavy atom. The quantitative estimate of drug-likeness (QED) is 0.905. The molecular formula is C16H25FN2. The standard InChI is InChI=1S/C16H25FN2/c1-4-14(18)8-13-6-5-7-15(17)16(13)19-9-11(2)12(3)10-19/h5-7,11-12,14H,4,8-10,18H2,1-3H3. The van der Waals surface area contributed by atoms with Crippen molar-refractivity contribution < 1.29 is 4.39 Å². The highest BCUT2D eigenvalue weighted by Crippen LogP contribution is 2.32. The van der Waals surface area contributed by atoms with Crippen molar-refractivity contribution in [2.75, 3.05) is 18.0 Å². The molecule has 0 amide bonds. The van der Waals surface area contributed by atoms with Crippen molar-refractivity contribution in [2.24, 2.45) is 17.6 Å². The van der Waals surface area contributed by atoms with Crippen LogP contribution in [0.5, 0.6) is 0 Å². The Bertz CT molecular complexity index is 423. The normalized spacial score (nSPS) is 24.8. The molecule has 0 aliphatic carbocycles. The van der Waals surface area contributed by atoms with Gasteiger partial charge in [-0.15, -0.1) is 0 Å². The van der Waals surface area contributed by atoms with Crippen LogP contribution in [0.2, 0.25) is 0 Å². The summed E-state index contributed by atoms with van der Waals surface area (Å²) in [7, 11) is 0. The van der Waals surface area contributed by atoms with E-state index < -0.39 is 0 Å². The molecule has 3 heteroatoms. The van der Waals surface area contributed by atoms with E-state index in [2.05, 4.69) is 25.7 Å². The van der Waals surface area contributed by atoms with E-state index in [4.69, 9.17) is 5.73 Å². The first kappa shape index (κ1) is 14.3. The van der Waals surface area contributed by atoms with Gasteiger partial charge < -0.3 is 10.6 Å². The van der Waals surface area contributed by atoms with Gasteiger partial charge in [-0.2, -0.15) is 0 Å². The zero-order chi connectivity index (χ0) is 14.0. The van der Waals surface area contributed by atoms with Crippen LogP contribution >= 0.6 is 0 Å². The lowest BCUT2D eigenvalue weighted by molar-refractivity contribution is 0.494. The first-order valence-corrected chi connectivity index (χ1v) is 7.30. The third-order valence-corrected chi connectivity index (χ3v) is 4.38. The molecule has 2 nitrogen and oxygen atoms in total. The minimum Gasteiger partial charge on any atom is -0.368 e. The molecule has 0 radical (unpaired) electrons. The summed E-state index contributed by atoms with van der Waals surface area (Å²) in [5.74, 6) is 1.13. The van der Waals surface area contributed by atoms with Crippen molar-refractivity contribution in [1.29, 1.82) is 0 Å². The van der Waals surface area contributed by atoms with Crippen LogP contribution in [0.25, 0.3) is 0 Å². The molecule has 3 atom stereocenters. The number of nitrogens with zero attached hydrogens (tertiary/aromatic N) is 1. The molecule has 1 aromatic carbocycles. The fraction of sp³-hybridized carbons (Fsp3) is 0.625. The van der Waals surface area contributed by atoms with Gasteiger partial charge in [-0.05, 0) is 36.3 Å². The first-order chi connectivity index (χ1) is 9.02. The molecule has 1 aromatic rings. The Labute approximate surface area is 115 Å². The zero-order valence-corrected chi connectivity index (χ0v) is 12.2. The third-order valence-electron chi connectivity index (χ3n) is 4.38. The lowest BCUT2D eigenvalue weighted by atomic mass is 10.0. The van der Waals surface area contributed by atoms with E-state index in [0.717, 1.165) is 37.2 Å². The number of para-hydroxylation sites is 1. The second kappa shape index (κ2) is 5.91. The van der Waals surface area contributed by atoms with Crippen molar-refractivity contribution in [3.05, 3.63) is 29.6 Å². The van der Waals surface area contributed by atoms with Crippen molar-refractivity contribution in [3.63, 3.8) is 0 Å². The lowest BCUT2D eigenvalue weighted by Gasteiger charge is -2.24. The fourth-order valence-electron chi connectivity index (χ4n) is 2.82.